The summed E-state index contributed by atoms with van der Waals surface area (Å²) in [6.07, 6.45) is 3.42. The van der Waals surface area contributed by atoms with Crippen LogP contribution in [0.15, 0.2) is 95.3 Å². The number of nitrogens with one attached hydrogen (secondary N) is 2. The first kappa shape index (κ1) is 23.0. The van der Waals surface area contributed by atoms with E-state index < -0.39 is 4.92 Å². The molecule has 2 aromatic heterocycles. The van der Waals surface area contributed by atoms with E-state index in [-0.39, 0.29) is 17.3 Å². The van der Waals surface area contributed by atoms with Gasteiger partial charge in [0.15, 0.2) is 11.0 Å². The minimum absolute atomic E-state index is 0.0447. The van der Waals surface area contributed by atoms with Crippen molar-refractivity contribution in [2.75, 3.05) is 5.75 Å². The topological polar surface area (TPSA) is 131 Å². The molecular weight excluding hydrogens is 478 g/mol. The molecule has 0 spiro atoms. The van der Waals surface area contributed by atoms with Crippen LogP contribution in [-0.2, 0) is 4.79 Å². The number of non-ortho nitro benzene ring substituents is 1. The zero-order chi connectivity index (χ0) is 24.9. The predicted octanol–water partition coefficient (Wildman–Crippen LogP) is 4.57. The van der Waals surface area contributed by atoms with Crippen molar-refractivity contribution in [3.05, 3.63) is 101 Å². The molecule has 11 heteroatoms. The maximum atomic E-state index is 12.5. The lowest BCUT2D eigenvalue weighted by atomic mass is 10.2. The molecule has 0 aliphatic rings. The molecule has 3 aromatic carbocycles. The molecule has 178 valence electrons. The second-order valence-electron chi connectivity index (χ2n) is 7.66. The Balaban J connectivity index is 1.34. The largest absolute Gasteiger partial charge is 0.361 e. The van der Waals surface area contributed by atoms with E-state index in [0.29, 0.717) is 16.5 Å². The van der Waals surface area contributed by atoms with Crippen LogP contribution >= 0.6 is 11.8 Å². The molecule has 1 amide bonds. The monoisotopic (exact) mass is 497 g/mol. The molecule has 2 N–H and O–H groups in total. The molecule has 0 unspecified atom stereocenters. The maximum absolute atomic E-state index is 12.5. The first-order chi connectivity index (χ1) is 17.6. The molecule has 0 aliphatic carbocycles. The van der Waals surface area contributed by atoms with Gasteiger partial charge < -0.3 is 4.98 Å². The van der Waals surface area contributed by atoms with E-state index in [1.807, 2.05) is 60.8 Å². The number of nitro groups is 1. The Bertz CT molecular complexity index is 1580. The number of hydrogen-bond acceptors (Lipinski definition) is 7. The van der Waals surface area contributed by atoms with Crippen molar-refractivity contribution in [2.24, 2.45) is 5.10 Å². The van der Waals surface area contributed by atoms with Crippen molar-refractivity contribution < 1.29 is 9.72 Å². The summed E-state index contributed by atoms with van der Waals surface area (Å²) in [7, 11) is 0. The van der Waals surface area contributed by atoms with Crippen LogP contribution in [0.5, 0.6) is 0 Å². The summed E-state index contributed by atoms with van der Waals surface area (Å²) >= 11 is 1.19. The normalized spacial score (nSPS) is 11.2. The van der Waals surface area contributed by atoms with E-state index in [1.165, 1.54) is 23.9 Å². The highest BCUT2D eigenvalue weighted by atomic mass is 32.2. The molecule has 0 atom stereocenters. The van der Waals surface area contributed by atoms with Crippen LogP contribution in [0, 0.1) is 10.1 Å². The fourth-order valence-electron chi connectivity index (χ4n) is 3.66. The Hall–Kier alpha value is -4.77. The molecular formula is C25H19N7O3S. The van der Waals surface area contributed by atoms with Crippen LogP contribution in [0.4, 0.5) is 5.69 Å². The SMILES string of the molecule is O=C(CSc1nnc(-c2cccc([N+](=O)[O-])c2)n1-c1ccccc1)N/N=C\c1c[nH]c2ccccc12. The molecule has 0 aliphatic heterocycles. The molecule has 0 fully saturated rings. The lowest BCUT2D eigenvalue weighted by molar-refractivity contribution is -0.384. The number of aromatic nitrogens is 4. The number of aromatic amines is 1. The Kier molecular flexibility index (Phi) is 6.54. The zero-order valence-electron chi connectivity index (χ0n) is 18.7. The summed E-state index contributed by atoms with van der Waals surface area (Å²) in [5.41, 5.74) is 5.65. The number of H-pyrrole nitrogens is 1. The van der Waals surface area contributed by atoms with E-state index in [9.17, 15) is 14.9 Å². The van der Waals surface area contributed by atoms with Gasteiger partial charge in [0.1, 0.15) is 0 Å². The third-order valence-corrected chi connectivity index (χ3v) is 6.24. The summed E-state index contributed by atoms with van der Waals surface area (Å²) in [5.74, 6) is 0.172. The number of carbonyl (C=O) groups is 1. The number of amides is 1. The Labute approximate surface area is 209 Å². The summed E-state index contributed by atoms with van der Waals surface area (Å²) in [6.45, 7) is 0. The number of thioether (sulfide) groups is 1. The van der Waals surface area contributed by atoms with Gasteiger partial charge in [0.2, 0.25) is 0 Å². The standard InChI is InChI=1S/C25H19N7O3S/c33-23(28-27-15-18-14-26-22-12-5-4-11-21(18)22)16-36-25-30-29-24(31(25)19-8-2-1-3-9-19)17-7-6-10-20(13-17)32(34)35/h1-15,26H,16H2,(H,28,33)/b27-15-. The number of hydrazone groups is 1. The summed E-state index contributed by atoms with van der Waals surface area (Å²) in [6, 6.07) is 23.4. The second-order valence-corrected chi connectivity index (χ2v) is 8.60. The quantitative estimate of drug-likeness (QED) is 0.140. The Morgan fingerprint density at radius 3 is 2.72 bits per heavy atom. The Morgan fingerprint density at radius 2 is 1.89 bits per heavy atom. The van der Waals surface area contributed by atoms with Crippen molar-refractivity contribution in [2.45, 2.75) is 5.16 Å². The van der Waals surface area contributed by atoms with Crippen LogP contribution in [0.1, 0.15) is 5.56 Å². The van der Waals surface area contributed by atoms with Gasteiger partial charge >= 0.3 is 0 Å². The summed E-state index contributed by atoms with van der Waals surface area (Å²) < 4.78 is 1.77. The first-order valence-corrected chi connectivity index (χ1v) is 11.9. The van der Waals surface area contributed by atoms with Crippen molar-refractivity contribution in [3.8, 4) is 17.1 Å². The summed E-state index contributed by atoms with van der Waals surface area (Å²) in [4.78, 5) is 26.4. The molecule has 5 aromatic rings. The molecule has 0 bridgehead atoms. The molecule has 0 saturated heterocycles. The van der Waals surface area contributed by atoms with Crippen LogP contribution in [0.2, 0.25) is 0 Å². The number of benzene rings is 3. The van der Waals surface area contributed by atoms with Gasteiger partial charge in [-0.05, 0) is 18.2 Å². The van der Waals surface area contributed by atoms with Crippen molar-refractivity contribution in [1.82, 2.24) is 25.2 Å². The van der Waals surface area contributed by atoms with Gasteiger partial charge in [-0.2, -0.15) is 5.10 Å². The highest BCUT2D eigenvalue weighted by molar-refractivity contribution is 7.99. The van der Waals surface area contributed by atoms with Gasteiger partial charge in [-0.1, -0.05) is 60.3 Å². The molecule has 36 heavy (non-hydrogen) atoms. The first-order valence-electron chi connectivity index (χ1n) is 10.9. The molecule has 0 saturated carbocycles. The van der Waals surface area contributed by atoms with E-state index >= 15 is 0 Å². The van der Waals surface area contributed by atoms with Crippen molar-refractivity contribution in [3.63, 3.8) is 0 Å². The van der Waals surface area contributed by atoms with E-state index in [2.05, 4.69) is 25.7 Å². The fourth-order valence-corrected chi connectivity index (χ4v) is 4.40. The zero-order valence-corrected chi connectivity index (χ0v) is 19.6. The number of hydrogen-bond donors (Lipinski definition) is 2. The van der Waals surface area contributed by atoms with Gasteiger partial charge in [0.05, 0.1) is 16.9 Å². The average Bonchev–Trinajstić information content (AvgIpc) is 3.52. The van der Waals surface area contributed by atoms with Crippen LogP contribution in [0.25, 0.3) is 28.0 Å². The molecule has 5 rings (SSSR count). The number of carbonyl (C=O) groups excluding carboxylic acids is 1. The minimum atomic E-state index is -0.455. The molecule has 0 radical (unpaired) electrons. The number of fused-ring (bicyclic) bond motifs is 1. The van der Waals surface area contributed by atoms with Gasteiger partial charge in [0, 0.05) is 46.0 Å². The van der Waals surface area contributed by atoms with Gasteiger partial charge in [-0.25, -0.2) is 5.43 Å². The Morgan fingerprint density at radius 1 is 1.08 bits per heavy atom. The smallest absolute Gasteiger partial charge is 0.270 e. The van der Waals surface area contributed by atoms with Crippen molar-refractivity contribution >= 4 is 40.5 Å². The average molecular weight is 498 g/mol. The van der Waals surface area contributed by atoms with E-state index in [0.717, 1.165) is 22.2 Å². The number of rotatable bonds is 8. The third kappa shape index (κ3) is 4.86. The lowest BCUT2D eigenvalue weighted by Crippen LogP contribution is -2.20. The fraction of sp³-hybridized carbons (Fsp3) is 0.0400. The van der Waals surface area contributed by atoms with Crippen LogP contribution in [-0.4, -0.2) is 42.5 Å². The third-order valence-electron chi connectivity index (χ3n) is 5.31. The maximum Gasteiger partial charge on any atom is 0.270 e. The number of nitro benzene ring substituents is 1. The van der Waals surface area contributed by atoms with Gasteiger partial charge in [0.25, 0.3) is 11.6 Å². The van der Waals surface area contributed by atoms with Crippen LogP contribution < -0.4 is 5.43 Å². The second kappa shape index (κ2) is 10.2. The van der Waals surface area contributed by atoms with Crippen molar-refractivity contribution in [1.29, 1.82) is 0 Å². The minimum Gasteiger partial charge on any atom is -0.361 e. The molecule has 2 heterocycles. The van der Waals surface area contributed by atoms with E-state index in [4.69, 9.17) is 0 Å². The highest BCUT2D eigenvalue weighted by Crippen LogP contribution is 2.29. The predicted molar refractivity (Wildman–Crippen MR) is 138 cm³/mol. The van der Waals surface area contributed by atoms with E-state index in [1.54, 1.807) is 22.9 Å². The highest BCUT2D eigenvalue weighted by Gasteiger charge is 2.19. The number of nitrogens with zero attached hydrogens (tertiary/aromatic N) is 5. The van der Waals surface area contributed by atoms with Gasteiger partial charge in [-0.3, -0.25) is 19.5 Å². The number of para-hydroxylation sites is 2. The van der Waals surface area contributed by atoms with Crippen LogP contribution in [0.3, 0.4) is 0 Å². The van der Waals surface area contributed by atoms with Gasteiger partial charge in [-0.15, -0.1) is 10.2 Å². The molecule has 10 nitrogen and oxygen atoms in total. The summed E-state index contributed by atoms with van der Waals surface area (Å²) in [5, 5.41) is 25.3. The lowest BCUT2D eigenvalue weighted by Gasteiger charge is -2.10.